The molecule has 2 rings (SSSR count). The summed E-state index contributed by atoms with van der Waals surface area (Å²) in [6, 6.07) is 11.5. The molecule has 0 aliphatic heterocycles. The molecular formula is C24H23N5O3. The van der Waals surface area contributed by atoms with E-state index in [1.165, 1.54) is 0 Å². The predicted molar refractivity (Wildman–Crippen MR) is 119 cm³/mol. The fraction of sp³-hybridized carbons (Fsp3) is 0.292. The molecule has 1 aliphatic carbocycles. The zero-order valence-electron chi connectivity index (χ0n) is 17.8. The molecule has 32 heavy (non-hydrogen) atoms. The van der Waals surface area contributed by atoms with Crippen molar-refractivity contribution in [3.8, 4) is 18.2 Å². The molecule has 1 aromatic carbocycles. The maximum atomic E-state index is 12.2. The van der Waals surface area contributed by atoms with E-state index in [-0.39, 0.29) is 17.4 Å². The van der Waals surface area contributed by atoms with Crippen LogP contribution in [0, 0.1) is 39.4 Å². The number of nitrogens with zero attached hydrogens (tertiary/aromatic N) is 3. The monoisotopic (exact) mass is 429 g/mol. The molecule has 1 atom stereocenters. The Kier molecular flexibility index (Phi) is 7.93. The molecule has 8 heteroatoms. The molecule has 1 aliphatic rings. The number of hydrogen-bond acceptors (Lipinski definition) is 5. The molecule has 0 saturated heterocycles. The third-order valence-electron chi connectivity index (χ3n) is 4.83. The van der Waals surface area contributed by atoms with Crippen LogP contribution in [0.1, 0.15) is 38.7 Å². The summed E-state index contributed by atoms with van der Waals surface area (Å²) in [5.74, 6) is -0.614. The van der Waals surface area contributed by atoms with E-state index >= 15 is 0 Å². The highest BCUT2D eigenvalue weighted by molar-refractivity contribution is 5.96. The molecule has 8 nitrogen and oxygen atoms in total. The molecule has 162 valence electrons. The van der Waals surface area contributed by atoms with Gasteiger partial charge in [-0.05, 0) is 47.1 Å². The fourth-order valence-corrected chi connectivity index (χ4v) is 3.45. The molecule has 0 saturated carbocycles. The molecule has 0 aromatic heterocycles. The van der Waals surface area contributed by atoms with E-state index in [0.717, 1.165) is 23.1 Å². The van der Waals surface area contributed by atoms with Gasteiger partial charge in [0, 0.05) is 5.69 Å². The number of amides is 2. The van der Waals surface area contributed by atoms with Crippen LogP contribution in [0.15, 0.2) is 53.1 Å². The molecule has 2 amide bonds. The third-order valence-corrected chi connectivity index (χ3v) is 4.83. The van der Waals surface area contributed by atoms with Gasteiger partial charge < -0.3 is 15.7 Å². The predicted octanol–water partition coefficient (Wildman–Crippen LogP) is 4.28. The first kappa shape index (κ1) is 23.9. The van der Waals surface area contributed by atoms with Gasteiger partial charge in [-0.2, -0.15) is 15.8 Å². The number of nitrogens with one attached hydrogen (secondary N) is 2. The first-order valence-electron chi connectivity index (χ1n) is 9.87. The van der Waals surface area contributed by atoms with Crippen LogP contribution in [0.3, 0.4) is 0 Å². The van der Waals surface area contributed by atoms with Crippen molar-refractivity contribution in [3.63, 3.8) is 0 Å². The molecular weight excluding hydrogens is 406 g/mol. The summed E-state index contributed by atoms with van der Waals surface area (Å²) in [6.07, 6.45) is 5.56. The highest BCUT2D eigenvalue weighted by Gasteiger charge is 2.26. The van der Waals surface area contributed by atoms with E-state index in [2.05, 4.69) is 19.2 Å². The van der Waals surface area contributed by atoms with E-state index in [1.807, 2.05) is 35.7 Å². The van der Waals surface area contributed by atoms with Crippen LogP contribution in [0.2, 0.25) is 0 Å². The zero-order chi connectivity index (χ0) is 23.7. The molecule has 0 fully saturated rings. The average Bonchev–Trinajstić information content (AvgIpc) is 2.72. The van der Waals surface area contributed by atoms with Crippen molar-refractivity contribution < 1.29 is 14.7 Å². The van der Waals surface area contributed by atoms with Crippen LogP contribution in [0.25, 0.3) is 6.08 Å². The van der Waals surface area contributed by atoms with E-state index in [1.54, 1.807) is 30.3 Å². The van der Waals surface area contributed by atoms with Gasteiger partial charge in [-0.3, -0.25) is 4.79 Å². The summed E-state index contributed by atoms with van der Waals surface area (Å²) < 4.78 is 0. The van der Waals surface area contributed by atoms with Gasteiger partial charge >= 0.3 is 6.09 Å². The molecule has 1 aromatic rings. The van der Waals surface area contributed by atoms with Crippen LogP contribution >= 0.6 is 0 Å². The van der Waals surface area contributed by atoms with Gasteiger partial charge in [0.05, 0.1) is 12.5 Å². The summed E-state index contributed by atoms with van der Waals surface area (Å²) in [7, 11) is 0. The minimum atomic E-state index is -1.38. The first-order valence-corrected chi connectivity index (χ1v) is 9.87. The number of rotatable bonds is 6. The van der Waals surface area contributed by atoms with Crippen molar-refractivity contribution in [2.45, 2.75) is 39.2 Å². The van der Waals surface area contributed by atoms with E-state index in [4.69, 9.17) is 10.4 Å². The standard InChI is InChI=1S/C24H23N5O3/c1-24(2)12-17(11-18(13-24)19(14-26)15-27)4-3-16-5-7-20(8-6-16)28-22(30)21(9-10-25)29-23(31)32/h3-8,11,21,29H,9,12-13H2,1-2H3,(H,28,30)(H,31,32)/b4-3+. The minimum absolute atomic E-state index is 0.0687. The third kappa shape index (κ3) is 6.86. The van der Waals surface area contributed by atoms with E-state index < -0.39 is 18.0 Å². The van der Waals surface area contributed by atoms with Crippen LogP contribution in [0.5, 0.6) is 0 Å². The van der Waals surface area contributed by atoms with Crippen LogP contribution < -0.4 is 10.6 Å². The highest BCUT2D eigenvalue weighted by Crippen LogP contribution is 2.39. The molecule has 0 heterocycles. The molecule has 3 N–H and O–H groups in total. The van der Waals surface area contributed by atoms with Gasteiger partial charge in [0.15, 0.2) is 0 Å². The number of carboxylic acid groups (broad SMARTS) is 1. The van der Waals surface area contributed by atoms with Crippen molar-refractivity contribution in [1.82, 2.24) is 5.32 Å². The number of nitriles is 3. The van der Waals surface area contributed by atoms with E-state index in [9.17, 15) is 20.1 Å². The maximum absolute atomic E-state index is 12.2. The second-order valence-electron chi connectivity index (χ2n) is 8.17. The summed E-state index contributed by atoms with van der Waals surface area (Å²) in [5.41, 5.74) is 3.16. The van der Waals surface area contributed by atoms with Crippen LogP contribution in [0.4, 0.5) is 10.5 Å². The van der Waals surface area contributed by atoms with Crippen molar-refractivity contribution in [3.05, 3.63) is 58.7 Å². The Morgan fingerprint density at radius 2 is 1.78 bits per heavy atom. The normalized spacial score (nSPS) is 15.5. The maximum Gasteiger partial charge on any atom is 0.405 e. The quantitative estimate of drug-likeness (QED) is 0.574. The van der Waals surface area contributed by atoms with Gasteiger partial charge in [-0.25, -0.2) is 4.79 Å². The van der Waals surface area contributed by atoms with Crippen molar-refractivity contribution >= 4 is 23.8 Å². The molecule has 0 bridgehead atoms. The summed E-state index contributed by atoms with van der Waals surface area (Å²) >= 11 is 0. The number of carbonyl (C=O) groups is 2. The van der Waals surface area contributed by atoms with Crippen molar-refractivity contribution in [2.75, 3.05) is 5.32 Å². The summed E-state index contributed by atoms with van der Waals surface area (Å²) in [4.78, 5) is 23.0. The lowest BCUT2D eigenvalue weighted by atomic mass is 9.74. The Labute approximate surface area is 186 Å². The number of benzene rings is 1. The van der Waals surface area contributed by atoms with Crippen LogP contribution in [-0.4, -0.2) is 23.1 Å². The van der Waals surface area contributed by atoms with Gasteiger partial charge in [0.1, 0.15) is 23.8 Å². The van der Waals surface area contributed by atoms with E-state index in [0.29, 0.717) is 12.1 Å². The van der Waals surface area contributed by atoms with Gasteiger partial charge in [-0.1, -0.05) is 44.2 Å². The Hall–Kier alpha value is -4.35. The second kappa shape index (κ2) is 10.6. The second-order valence-corrected chi connectivity index (χ2v) is 8.17. The first-order chi connectivity index (χ1) is 15.2. The Bertz CT molecular complexity index is 1090. The van der Waals surface area contributed by atoms with Gasteiger partial charge in [0.2, 0.25) is 5.91 Å². The number of hydrogen-bond donors (Lipinski definition) is 3. The topological polar surface area (TPSA) is 150 Å². The molecule has 0 radical (unpaired) electrons. The highest BCUT2D eigenvalue weighted by atomic mass is 16.4. The molecule has 0 spiro atoms. The summed E-state index contributed by atoms with van der Waals surface area (Å²) in [6.45, 7) is 4.19. The Morgan fingerprint density at radius 1 is 1.12 bits per heavy atom. The number of anilines is 1. The lowest BCUT2D eigenvalue weighted by Crippen LogP contribution is -2.42. The van der Waals surface area contributed by atoms with Gasteiger partial charge in [-0.15, -0.1) is 0 Å². The lowest BCUT2D eigenvalue weighted by molar-refractivity contribution is -0.117. The fourth-order valence-electron chi connectivity index (χ4n) is 3.45. The Balaban J connectivity index is 2.13. The minimum Gasteiger partial charge on any atom is -0.465 e. The largest absolute Gasteiger partial charge is 0.465 e. The van der Waals surface area contributed by atoms with Crippen molar-refractivity contribution in [1.29, 1.82) is 15.8 Å². The van der Waals surface area contributed by atoms with Gasteiger partial charge in [0.25, 0.3) is 0 Å². The lowest BCUT2D eigenvalue weighted by Gasteiger charge is -2.30. The van der Waals surface area contributed by atoms with Crippen molar-refractivity contribution in [2.24, 2.45) is 5.41 Å². The number of allylic oxidation sites excluding steroid dienone is 5. The summed E-state index contributed by atoms with van der Waals surface area (Å²) in [5, 5.41) is 40.5. The smallest absolute Gasteiger partial charge is 0.405 e. The SMILES string of the molecule is CC1(C)CC(/C=C/c2ccc(NC(=O)C(CC#N)NC(=O)O)cc2)=CC(=C(C#N)C#N)C1. The Morgan fingerprint density at radius 3 is 2.34 bits per heavy atom. The number of carbonyl (C=O) groups excluding carboxylic acids is 1. The van der Waals surface area contributed by atoms with Crippen LogP contribution in [-0.2, 0) is 4.79 Å². The molecule has 1 unspecified atom stereocenters. The zero-order valence-corrected chi connectivity index (χ0v) is 17.8. The average molecular weight is 429 g/mol.